The summed E-state index contributed by atoms with van der Waals surface area (Å²) in [5, 5.41) is 6.19. The van der Waals surface area contributed by atoms with E-state index < -0.39 is 0 Å². The number of rotatable bonds is 6. The Labute approximate surface area is 261 Å². The lowest BCUT2D eigenvalue weighted by atomic mass is 9.79. The Bertz CT molecular complexity index is 2080. The zero-order chi connectivity index (χ0) is 31.1. The zero-order valence-electron chi connectivity index (χ0n) is 25.4. The molecule has 0 saturated carbocycles. The molecule has 5 nitrogen and oxygen atoms in total. The van der Waals surface area contributed by atoms with Gasteiger partial charge < -0.3 is 10.2 Å². The van der Waals surface area contributed by atoms with E-state index in [-0.39, 0.29) is 35.8 Å². The third-order valence-corrected chi connectivity index (χ3v) is 9.54. The number of nitrogens with one attached hydrogen (secondary N) is 1. The number of fused-ring (bicyclic) bond motifs is 4. The van der Waals surface area contributed by atoms with Gasteiger partial charge in [-0.2, -0.15) is 0 Å². The normalized spacial score (nSPS) is 16.7. The molecule has 226 valence electrons. The van der Waals surface area contributed by atoms with Crippen molar-refractivity contribution >= 4 is 34.9 Å². The first-order valence-corrected chi connectivity index (χ1v) is 15.8. The largest absolute Gasteiger partial charge is 0.343 e. The van der Waals surface area contributed by atoms with E-state index >= 15 is 4.39 Å². The number of ketones is 1. The van der Waals surface area contributed by atoms with Crippen molar-refractivity contribution < 1.29 is 18.8 Å². The van der Waals surface area contributed by atoms with E-state index in [1.54, 1.807) is 36.4 Å². The number of likely N-dealkylation sites (tertiary alicyclic amines) is 1. The standard InChI is InChI=1S/C39H35FN2O3/c1-24-8-2-3-9-28(24)39(45)41-27-16-14-25(15-17-27)38(44)33-12-6-11-31-30(33)18-19-32-29-10-7-13-35(40)34(29)22-26(37(31)32)23-36(43)42-20-4-5-21-42/h2-3,7-10,13-19,22,26H,4-6,11-12,20-21,23H2,1H3,(H,41,45). The van der Waals surface area contributed by atoms with Crippen molar-refractivity contribution in [3.8, 4) is 0 Å². The molecule has 1 atom stereocenters. The van der Waals surface area contributed by atoms with Crippen molar-refractivity contribution in [2.24, 2.45) is 0 Å². The second-order valence-electron chi connectivity index (χ2n) is 12.3. The van der Waals surface area contributed by atoms with Crippen LogP contribution in [0.3, 0.4) is 0 Å². The van der Waals surface area contributed by atoms with Crippen LogP contribution >= 0.6 is 0 Å². The first-order chi connectivity index (χ1) is 21.9. The predicted molar refractivity (Wildman–Crippen MR) is 174 cm³/mol. The number of carbonyl (C=O) groups excluding carboxylic acids is 3. The maximum absolute atomic E-state index is 15.1. The van der Waals surface area contributed by atoms with Crippen LogP contribution in [0.1, 0.15) is 75.4 Å². The third-order valence-electron chi connectivity index (χ3n) is 9.54. The second-order valence-corrected chi connectivity index (χ2v) is 12.3. The highest BCUT2D eigenvalue weighted by atomic mass is 19.1. The number of carbonyl (C=O) groups is 3. The molecular formula is C39H35FN2O3. The van der Waals surface area contributed by atoms with Gasteiger partial charge in [0, 0.05) is 53.0 Å². The Hall–Kier alpha value is -4.84. The van der Waals surface area contributed by atoms with Gasteiger partial charge in [0.2, 0.25) is 5.91 Å². The summed E-state index contributed by atoms with van der Waals surface area (Å²) < 4.78 is 15.1. The van der Waals surface area contributed by atoms with Gasteiger partial charge in [-0.3, -0.25) is 14.4 Å². The lowest BCUT2D eigenvalue weighted by molar-refractivity contribution is -0.130. The summed E-state index contributed by atoms with van der Waals surface area (Å²) >= 11 is 0. The molecule has 2 amide bonds. The molecule has 1 heterocycles. The number of benzene rings is 4. The Morgan fingerprint density at radius 3 is 2.36 bits per heavy atom. The summed E-state index contributed by atoms with van der Waals surface area (Å²) in [5.74, 6) is -0.677. The van der Waals surface area contributed by atoms with Crippen LogP contribution < -0.4 is 15.8 Å². The van der Waals surface area contributed by atoms with E-state index in [4.69, 9.17) is 0 Å². The molecule has 1 saturated heterocycles. The number of nitrogens with zero attached hydrogens (tertiary/aromatic N) is 1. The minimum atomic E-state index is -0.282. The van der Waals surface area contributed by atoms with E-state index in [9.17, 15) is 14.4 Å². The Balaban J connectivity index is 1.27. The molecule has 1 unspecified atom stereocenters. The SMILES string of the molecule is Cc1ccccc1C(=O)Nc1ccc(C(=O)C2=c3ccc4c(c3CCC2)C(CC(=O)N2CCCC2)C=c2c(F)cccc2=4)cc1. The fourth-order valence-corrected chi connectivity index (χ4v) is 7.26. The topological polar surface area (TPSA) is 66.5 Å². The molecule has 1 aliphatic heterocycles. The molecule has 2 aliphatic carbocycles. The molecule has 4 aromatic carbocycles. The highest BCUT2D eigenvalue weighted by molar-refractivity contribution is 6.24. The smallest absolute Gasteiger partial charge is 0.255 e. The minimum Gasteiger partial charge on any atom is -0.343 e. The minimum absolute atomic E-state index is 0.0383. The number of anilines is 1. The van der Waals surface area contributed by atoms with E-state index in [0.29, 0.717) is 28.5 Å². The van der Waals surface area contributed by atoms with Crippen LogP contribution in [0.4, 0.5) is 10.1 Å². The molecular weight excluding hydrogens is 563 g/mol. The molecule has 0 radical (unpaired) electrons. The van der Waals surface area contributed by atoms with Crippen LogP contribution in [0, 0.1) is 23.2 Å². The van der Waals surface area contributed by atoms with Crippen molar-refractivity contribution in [2.45, 2.75) is 51.4 Å². The zero-order valence-corrected chi connectivity index (χ0v) is 25.4. The molecule has 45 heavy (non-hydrogen) atoms. The number of aryl methyl sites for hydroxylation is 1. The summed E-state index contributed by atoms with van der Waals surface area (Å²) in [6, 6.07) is 23.6. The Morgan fingerprint density at radius 2 is 1.58 bits per heavy atom. The fraction of sp³-hybridized carbons (Fsp3) is 0.256. The average molecular weight is 599 g/mol. The number of amides is 2. The number of hydrogen-bond acceptors (Lipinski definition) is 3. The molecule has 7 rings (SSSR count). The van der Waals surface area contributed by atoms with Gasteiger partial charge in [0.1, 0.15) is 5.82 Å². The quantitative estimate of drug-likeness (QED) is 0.280. The summed E-state index contributed by atoms with van der Waals surface area (Å²) in [7, 11) is 0. The highest BCUT2D eigenvalue weighted by Gasteiger charge is 2.28. The predicted octanol–water partition coefficient (Wildman–Crippen LogP) is 5.93. The summed E-state index contributed by atoms with van der Waals surface area (Å²) in [6.45, 7) is 3.45. The van der Waals surface area contributed by atoms with E-state index in [1.165, 1.54) is 6.07 Å². The summed E-state index contributed by atoms with van der Waals surface area (Å²) in [4.78, 5) is 42.0. The van der Waals surface area contributed by atoms with Gasteiger partial charge in [-0.05, 0) is 108 Å². The number of hydrogen-bond donors (Lipinski definition) is 1. The van der Waals surface area contributed by atoms with Crippen molar-refractivity contribution in [1.82, 2.24) is 4.90 Å². The lowest BCUT2D eigenvalue weighted by Gasteiger charge is -2.26. The first-order valence-electron chi connectivity index (χ1n) is 15.8. The van der Waals surface area contributed by atoms with E-state index in [0.717, 1.165) is 76.7 Å². The second kappa shape index (κ2) is 11.9. The van der Waals surface area contributed by atoms with Crippen molar-refractivity contribution in [1.29, 1.82) is 0 Å². The first kappa shape index (κ1) is 28.9. The van der Waals surface area contributed by atoms with Crippen LogP contribution in [-0.2, 0) is 11.2 Å². The summed E-state index contributed by atoms with van der Waals surface area (Å²) in [6.07, 6.45) is 6.53. The van der Waals surface area contributed by atoms with Gasteiger partial charge >= 0.3 is 0 Å². The number of Topliss-reactive ketones (excluding diaryl/α,β-unsaturated/α-hetero) is 1. The molecule has 0 aromatic heterocycles. The van der Waals surface area contributed by atoms with Gasteiger partial charge in [-0.25, -0.2) is 4.39 Å². The number of halogens is 1. The summed E-state index contributed by atoms with van der Waals surface area (Å²) in [5.41, 5.74) is 5.58. The van der Waals surface area contributed by atoms with Crippen molar-refractivity contribution in [3.63, 3.8) is 0 Å². The van der Waals surface area contributed by atoms with Gasteiger partial charge in [0.25, 0.3) is 5.91 Å². The maximum Gasteiger partial charge on any atom is 0.255 e. The van der Waals surface area contributed by atoms with Gasteiger partial charge in [-0.1, -0.05) is 48.5 Å². The van der Waals surface area contributed by atoms with E-state index in [2.05, 4.69) is 5.32 Å². The Kier molecular flexibility index (Phi) is 7.66. The molecule has 4 aromatic rings. The van der Waals surface area contributed by atoms with E-state index in [1.807, 2.05) is 54.3 Å². The molecule has 0 bridgehead atoms. The van der Waals surface area contributed by atoms with Crippen LogP contribution in [0.25, 0.3) is 11.6 Å². The average Bonchev–Trinajstić information content (AvgIpc) is 3.60. The van der Waals surface area contributed by atoms with Gasteiger partial charge in [0.15, 0.2) is 5.78 Å². The maximum atomic E-state index is 15.1. The molecule has 1 N–H and O–H groups in total. The monoisotopic (exact) mass is 598 g/mol. The fourth-order valence-electron chi connectivity index (χ4n) is 7.26. The molecule has 6 heteroatoms. The molecule has 3 aliphatic rings. The third kappa shape index (κ3) is 5.39. The molecule has 0 spiro atoms. The van der Waals surface area contributed by atoms with Gasteiger partial charge in [-0.15, -0.1) is 0 Å². The lowest BCUT2D eigenvalue weighted by Crippen LogP contribution is -2.31. The van der Waals surface area contributed by atoms with Crippen molar-refractivity contribution in [2.75, 3.05) is 18.4 Å². The van der Waals surface area contributed by atoms with Crippen molar-refractivity contribution in [3.05, 3.63) is 133 Å². The van der Waals surface area contributed by atoms with Crippen LogP contribution in [0.5, 0.6) is 0 Å². The van der Waals surface area contributed by atoms with Crippen LogP contribution in [-0.4, -0.2) is 35.6 Å². The Morgan fingerprint density at radius 1 is 0.822 bits per heavy atom. The van der Waals surface area contributed by atoms with Gasteiger partial charge in [0.05, 0.1) is 0 Å². The van der Waals surface area contributed by atoms with Crippen LogP contribution in [0.15, 0.2) is 78.9 Å². The highest BCUT2D eigenvalue weighted by Crippen LogP contribution is 2.32. The van der Waals surface area contributed by atoms with Crippen LogP contribution in [0.2, 0.25) is 0 Å². The molecule has 1 fully saturated rings.